The second kappa shape index (κ2) is 9.04. The van der Waals surface area contributed by atoms with E-state index in [1.807, 2.05) is 24.3 Å². The molecule has 9 nitrogen and oxygen atoms in total. The number of aryl methyl sites for hydroxylation is 1. The zero-order valence-corrected chi connectivity index (χ0v) is 18.7. The van der Waals surface area contributed by atoms with Crippen LogP contribution in [0.4, 0.5) is 10.8 Å². The summed E-state index contributed by atoms with van der Waals surface area (Å²) in [4.78, 5) is 16.6. The van der Waals surface area contributed by atoms with E-state index in [1.165, 1.54) is 36.0 Å². The second-order valence-electron chi connectivity index (χ2n) is 6.35. The number of carbonyl (C=O) groups is 1. The van der Waals surface area contributed by atoms with E-state index in [1.54, 1.807) is 6.92 Å². The number of thioether (sulfide) groups is 1. The van der Waals surface area contributed by atoms with Crippen LogP contribution in [0.3, 0.4) is 0 Å². The van der Waals surface area contributed by atoms with Gasteiger partial charge in [0.1, 0.15) is 10.5 Å². The lowest BCUT2D eigenvalue weighted by atomic mass is 10.3. The molecule has 0 saturated carbocycles. The molecular formula is C19H17N5O4S3. The van der Waals surface area contributed by atoms with Crippen molar-refractivity contribution in [2.75, 3.05) is 15.8 Å². The van der Waals surface area contributed by atoms with E-state index < -0.39 is 10.0 Å². The Kier molecular flexibility index (Phi) is 6.20. The Morgan fingerprint density at radius 2 is 1.90 bits per heavy atom. The smallest absolute Gasteiger partial charge is 0.263 e. The number of fused-ring (bicyclic) bond motifs is 1. The van der Waals surface area contributed by atoms with Crippen LogP contribution < -0.4 is 10.0 Å². The molecule has 160 valence electrons. The number of sulfonamides is 1. The molecule has 0 fully saturated rings. The Bertz CT molecular complexity index is 1280. The molecule has 2 N–H and O–H groups in total. The normalized spacial score (nSPS) is 11.5. The van der Waals surface area contributed by atoms with Crippen molar-refractivity contribution in [3.63, 3.8) is 0 Å². The van der Waals surface area contributed by atoms with E-state index in [2.05, 4.69) is 25.2 Å². The fraction of sp³-hybridized carbons (Fsp3) is 0.158. The molecule has 12 heteroatoms. The standard InChI is InChI=1S/C19H17N5O4S3/c1-12-22-23-18(30-12)24-31(26,27)14-8-6-13(7-9-14)20-17(25)10-11-29-19-21-15-4-2-3-5-16(15)28-19/h2-9H,10-11H2,1H3,(H,20,25)(H,23,24). The molecular weight excluding hydrogens is 458 g/mol. The van der Waals surface area contributed by atoms with Crippen molar-refractivity contribution in [3.05, 3.63) is 53.5 Å². The maximum atomic E-state index is 12.4. The van der Waals surface area contributed by atoms with Crippen molar-refractivity contribution in [1.82, 2.24) is 15.2 Å². The van der Waals surface area contributed by atoms with E-state index in [0.717, 1.165) is 16.9 Å². The van der Waals surface area contributed by atoms with Gasteiger partial charge >= 0.3 is 0 Å². The number of anilines is 2. The molecule has 0 aliphatic rings. The second-order valence-corrected chi connectivity index (χ2v) is 10.3. The summed E-state index contributed by atoms with van der Waals surface area (Å²) in [5, 5.41) is 11.7. The van der Waals surface area contributed by atoms with Gasteiger partial charge in [0.05, 0.1) is 4.90 Å². The predicted molar refractivity (Wildman–Crippen MR) is 120 cm³/mol. The summed E-state index contributed by atoms with van der Waals surface area (Å²) in [6.45, 7) is 1.73. The molecule has 0 unspecified atom stereocenters. The lowest BCUT2D eigenvalue weighted by Crippen LogP contribution is -2.14. The topological polar surface area (TPSA) is 127 Å². The number of para-hydroxylation sites is 2. The maximum absolute atomic E-state index is 12.4. The van der Waals surface area contributed by atoms with E-state index in [9.17, 15) is 13.2 Å². The summed E-state index contributed by atoms with van der Waals surface area (Å²) in [5.41, 5.74) is 1.99. The Hall–Kier alpha value is -2.96. The minimum Gasteiger partial charge on any atom is -0.431 e. The predicted octanol–water partition coefficient (Wildman–Crippen LogP) is 3.91. The Balaban J connectivity index is 1.29. The van der Waals surface area contributed by atoms with Crippen LogP contribution in [0.2, 0.25) is 0 Å². The number of nitrogens with one attached hydrogen (secondary N) is 2. The van der Waals surface area contributed by atoms with Gasteiger partial charge in [-0.1, -0.05) is 35.2 Å². The molecule has 2 aromatic carbocycles. The highest BCUT2D eigenvalue weighted by atomic mass is 32.2. The molecule has 2 aromatic heterocycles. The molecule has 0 atom stereocenters. The number of amides is 1. The van der Waals surface area contributed by atoms with Gasteiger partial charge in [0.15, 0.2) is 5.58 Å². The molecule has 1 amide bonds. The third-order valence-corrected chi connectivity index (χ3v) is 7.09. The molecule has 4 rings (SSSR count). The number of rotatable bonds is 8. The van der Waals surface area contributed by atoms with Crippen LogP contribution in [0, 0.1) is 6.92 Å². The monoisotopic (exact) mass is 475 g/mol. The lowest BCUT2D eigenvalue weighted by molar-refractivity contribution is -0.115. The molecule has 0 aliphatic heterocycles. The van der Waals surface area contributed by atoms with Crippen LogP contribution in [0.15, 0.2) is 63.1 Å². The summed E-state index contributed by atoms with van der Waals surface area (Å²) >= 11 is 2.50. The highest BCUT2D eigenvalue weighted by molar-refractivity contribution is 7.99. The number of hydrogen-bond donors (Lipinski definition) is 2. The number of oxazole rings is 1. The van der Waals surface area contributed by atoms with Crippen LogP contribution in [0.25, 0.3) is 11.1 Å². The summed E-state index contributed by atoms with van der Waals surface area (Å²) in [6.07, 6.45) is 0.251. The van der Waals surface area contributed by atoms with Crippen molar-refractivity contribution < 1.29 is 17.6 Å². The number of carbonyl (C=O) groups excluding carboxylic acids is 1. The molecule has 0 spiro atoms. The van der Waals surface area contributed by atoms with Crippen molar-refractivity contribution in [2.24, 2.45) is 0 Å². The Labute approximate surface area is 186 Å². The first-order valence-corrected chi connectivity index (χ1v) is 12.4. The van der Waals surface area contributed by atoms with Crippen molar-refractivity contribution in [2.45, 2.75) is 23.5 Å². The number of aromatic nitrogens is 3. The first kappa shape index (κ1) is 21.3. The fourth-order valence-electron chi connectivity index (χ4n) is 2.60. The first-order chi connectivity index (χ1) is 14.9. The van der Waals surface area contributed by atoms with Crippen molar-refractivity contribution >= 4 is 60.9 Å². The highest BCUT2D eigenvalue weighted by Crippen LogP contribution is 2.24. The minimum absolute atomic E-state index is 0.0601. The molecule has 0 radical (unpaired) electrons. The lowest BCUT2D eigenvalue weighted by Gasteiger charge is -2.07. The van der Waals surface area contributed by atoms with Crippen molar-refractivity contribution in [3.8, 4) is 0 Å². The average molecular weight is 476 g/mol. The molecule has 4 aromatic rings. The molecule has 0 saturated heterocycles. The van der Waals surface area contributed by atoms with Crippen LogP contribution in [0.1, 0.15) is 11.4 Å². The molecule has 0 aliphatic carbocycles. The van der Waals surface area contributed by atoms with Crippen molar-refractivity contribution in [1.29, 1.82) is 0 Å². The quantitative estimate of drug-likeness (QED) is 0.367. The van der Waals surface area contributed by atoms with Gasteiger partial charge in [0.25, 0.3) is 15.2 Å². The minimum atomic E-state index is -3.78. The average Bonchev–Trinajstić information content (AvgIpc) is 3.33. The van der Waals surface area contributed by atoms with Gasteiger partial charge in [0, 0.05) is 17.9 Å². The zero-order valence-electron chi connectivity index (χ0n) is 16.2. The number of nitrogens with zero attached hydrogens (tertiary/aromatic N) is 3. The zero-order chi connectivity index (χ0) is 21.8. The van der Waals surface area contributed by atoms with Crippen LogP contribution >= 0.6 is 23.1 Å². The third kappa shape index (κ3) is 5.40. The third-order valence-electron chi connectivity index (χ3n) is 4.03. The van der Waals surface area contributed by atoms with E-state index in [-0.39, 0.29) is 22.4 Å². The summed E-state index contributed by atoms with van der Waals surface area (Å²) in [7, 11) is -3.78. The summed E-state index contributed by atoms with van der Waals surface area (Å²) in [5.74, 6) is 0.303. The molecule has 0 bridgehead atoms. The van der Waals surface area contributed by atoms with E-state index in [4.69, 9.17) is 4.42 Å². The van der Waals surface area contributed by atoms with Crippen LogP contribution in [0.5, 0.6) is 0 Å². The fourth-order valence-corrected chi connectivity index (χ4v) is 5.19. The van der Waals surface area contributed by atoms with Gasteiger partial charge in [0.2, 0.25) is 11.0 Å². The highest BCUT2D eigenvalue weighted by Gasteiger charge is 2.16. The largest absolute Gasteiger partial charge is 0.431 e. The SMILES string of the molecule is Cc1nnc(NS(=O)(=O)c2ccc(NC(=O)CCSc3nc4ccccc4o3)cc2)s1. The van der Waals surface area contributed by atoms with Gasteiger partial charge in [-0.05, 0) is 43.3 Å². The number of benzene rings is 2. The van der Waals surface area contributed by atoms with Gasteiger partial charge in [-0.3, -0.25) is 9.52 Å². The maximum Gasteiger partial charge on any atom is 0.263 e. The van der Waals surface area contributed by atoms with Gasteiger partial charge in [-0.15, -0.1) is 10.2 Å². The summed E-state index contributed by atoms with van der Waals surface area (Å²) < 4.78 is 32.8. The Morgan fingerprint density at radius 1 is 1.13 bits per heavy atom. The number of hydrogen-bond acceptors (Lipinski definition) is 9. The first-order valence-electron chi connectivity index (χ1n) is 9.10. The summed E-state index contributed by atoms with van der Waals surface area (Å²) in [6, 6.07) is 13.4. The van der Waals surface area contributed by atoms with Gasteiger partial charge in [-0.2, -0.15) is 0 Å². The van der Waals surface area contributed by atoms with Crippen LogP contribution in [-0.4, -0.2) is 35.3 Å². The molecule has 31 heavy (non-hydrogen) atoms. The van der Waals surface area contributed by atoms with Crippen LogP contribution in [-0.2, 0) is 14.8 Å². The van der Waals surface area contributed by atoms with E-state index >= 15 is 0 Å². The van der Waals surface area contributed by atoms with Gasteiger partial charge < -0.3 is 9.73 Å². The molecule has 2 heterocycles. The van der Waals surface area contributed by atoms with Gasteiger partial charge in [-0.25, -0.2) is 13.4 Å². The Morgan fingerprint density at radius 3 is 2.61 bits per heavy atom. The van der Waals surface area contributed by atoms with E-state index in [0.29, 0.717) is 27.3 Å².